The third-order valence-electron chi connectivity index (χ3n) is 4.53. The van der Waals surface area contributed by atoms with Crippen molar-refractivity contribution >= 4 is 11.5 Å². The largest absolute Gasteiger partial charge is 0.477 e. The molecule has 5 nitrogen and oxygen atoms in total. The average molecular weight is 357 g/mol. The van der Waals surface area contributed by atoms with Crippen LogP contribution in [-0.4, -0.2) is 25.7 Å². The van der Waals surface area contributed by atoms with Crippen molar-refractivity contribution in [3.8, 4) is 11.3 Å². The first kappa shape index (κ1) is 17.0. The van der Waals surface area contributed by atoms with Crippen molar-refractivity contribution in [1.82, 2.24) is 14.6 Å². The number of benzene rings is 1. The number of aromatic nitrogens is 3. The molecule has 1 aromatic carbocycles. The van der Waals surface area contributed by atoms with E-state index in [9.17, 15) is 9.90 Å². The van der Waals surface area contributed by atoms with Gasteiger partial charge < -0.3 is 5.11 Å². The van der Waals surface area contributed by atoms with Crippen LogP contribution in [0.1, 0.15) is 32.9 Å². The van der Waals surface area contributed by atoms with Gasteiger partial charge in [0.1, 0.15) is 5.69 Å². The zero-order valence-corrected chi connectivity index (χ0v) is 15.2. The second-order valence-electron chi connectivity index (χ2n) is 6.73. The van der Waals surface area contributed by atoms with E-state index in [4.69, 9.17) is 5.10 Å². The minimum absolute atomic E-state index is 0.0681. The van der Waals surface area contributed by atoms with Crippen LogP contribution in [0.3, 0.4) is 0 Å². The number of aryl methyl sites for hydroxylation is 2. The Balaban J connectivity index is 1.89. The topological polar surface area (TPSA) is 67.5 Å². The first-order chi connectivity index (χ1) is 13.0. The van der Waals surface area contributed by atoms with Crippen LogP contribution < -0.4 is 0 Å². The summed E-state index contributed by atoms with van der Waals surface area (Å²) in [5, 5.41) is 14.1. The number of carboxylic acids is 1. The molecule has 5 heteroatoms. The number of hydrogen-bond acceptors (Lipinski definition) is 3. The second-order valence-corrected chi connectivity index (χ2v) is 6.73. The van der Waals surface area contributed by atoms with Gasteiger partial charge in [0.15, 0.2) is 0 Å². The Bertz CT molecular complexity index is 1150. The van der Waals surface area contributed by atoms with E-state index in [1.807, 2.05) is 61.0 Å². The molecule has 134 valence electrons. The molecule has 3 heterocycles. The quantitative estimate of drug-likeness (QED) is 0.591. The van der Waals surface area contributed by atoms with Gasteiger partial charge in [-0.3, -0.25) is 0 Å². The van der Waals surface area contributed by atoms with Crippen LogP contribution in [0.25, 0.3) is 16.8 Å². The highest BCUT2D eigenvalue weighted by Gasteiger charge is 2.17. The number of carbonyl (C=O) groups is 1. The lowest BCUT2D eigenvalue weighted by Gasteiger charge is -2.06. The number of pyridine rings is 2. The van der Waals surface area contributed by atoms with Crippen LogP contribution in [0.2, 0.25) is 0 Å². The number of nitrogens with zero attached hydrogens (tertiary/aromatic N) is 3. The minimum atomic E-state index is -1.02. The average Bonchev–Trinajstić information content (AvgIpc) is 2.99. The van der Waals surface area contributed by atoms with Gasteiger partial charge in [0.2, 0.25) is 0 Å². The molecule has 4 rings (SSSR count). The summed E-state index contributed by atoms with van der Waals surface area (Å²) >= 11 is 0. The molecule has 0 saturated heterocycles. The van der Waals surface area contributed by atoms with E-state index in [1.165, 1.54) is 0 Å². The van der Waals surface area contributed by atoms with Crippen molar-refractivity contribution in [2.75, 3.05) is 0 Å². The number of hydrogen-bond donors (Lipinski definition) is 1. The summed E-state index contributed by atoms with van der Waals surface area (Å²) < 4.78 is 1.89. The van der Waals surface area contributed by atoms with Gasteiger partial charge in [-0.2, -0.15) is 5.10 Å². The van der Waals surface area contributed by atoms with Crippen molar-refractivity contribution in [1.29, 1.82) is 0 Å². The smallest absolute Gasteiger partial charge is 0.354 e. The monoisotopic (exact) mass is 357 g/mol. The third kappa shape index (κ3) is 3.31. The van der Waals surface area contributed by atoms with E-state index in [0.717, 1.165) is 39.2 Å². The van der Waals surface area contributed by atoms with Gasteiger partial charge in [-0.05, 0) is 43.2 Å². The van der Waals surface area contributed by atoms with E-state index in [0.29, 0.717) is 6.42 Å². The molecule has 0 atom stereocenters. The maximum Gasteiger partial charge on any atom is 0.354 e. The van der Waals surface area contributed by atoms with Crippen molar-refractivity contribution < 1.29 is 9.90 Å². The molecule has 0 amide bonds. The van der Waals surface area contributed by atoms with Crippen LogP contribution in [-0.2, 0) is 6.42 Å². The first-order valence-electron chi connectivity index (χ1n) is 8.75. The fourth-order valence-corrected chi connectivity index (χ4v) is 3.33. The highest BCUT2D eigenvalue weighted by molar-refractivity contribution is 5.85. The molecular formula is C22H19N3O2. The summed E-state index contributed by atoms with van der Waals surface area (Å²) in [5.41, 5.74) is 6.75. The van der Waals surface area contributed by atoms with E-state index in [-0.39, 0.29) is 5.69 Å². The lowest BCUT2D eigenvalue weighted by atomic mass is 10.0. The molecule has 0 radical (unpaired) electrons. The van der Waals surface area contributed by atoms with Gasteiger partial charge in [-0.15, -0.1) is 0 Å². The number of carboxylic acid groups (broad SMARTS) is 1. The maximum absolute atomic E-state index is 11.4. The molecule has 0 aliphatic heterocycles. The fourth-order valence-electron chi connectivity index (χ4n) is 3.33. The van der Waals surface area contributed by atoms with E-state index in [2.05, 4.69) is 17.1 Å². The van der Waals surface area contributed by atoms with Crippen LogP contribution >= 0.6 is 0 Å². The van der Waals surface area contributed by atoms with Crippen LogP contribution in [0, 0.1) is 13.8 Å². The summed E-state index contributed by atoms with van der Waals surface area (Å²) in [6, 6.07) is 17.6. The Kier molecular flexibility index (Phi) is 4.20. The lowest BCUT2D eigenvalue weighted by Crippen LogP contribution is -2.04. The predicted octanol–water partition coefficient (Wildman–Crippen LogP) is 4.30. The Hall–Kier alpha value is -3.47. The van der Waals surface area contributed by atoms with Gasteiger partial charge in [0.25, 0.3) is 0 Å². The standard InChI is InChI=1S/C22H19N3O2/c1-14-8-9-20-18(12-17-10-15(2)11-19(23-17)22(26)27)21(24-25(20)13-14)16-6-4-3-5-7-16/h3-11,13H,12H2,1-2H3,(H,26,27). The molecule has 0 unspecified atom stereocenters. The SMILES string of the molecule is Cc1cc(Cc2c(-c3ccccc3)nn3cc(C)ccc23)nc(C(=O)O)c1. The molecule has 0 spiro atoms. The van der Waals surface area contributed by atoms with E-state index >= 15 is 0 Å². The molecule has 0 aliphatic rings. The van der Waals surface area contributed by atoms with Crippen LogP contribution in [0.15, 0.2) is 60.8 Å². The maximum atomic E-state index is 11.4. The zero-order chi connectivity index (χ0) is 19.0. The van der Waals surface area contributed by atoms with Crippen molar-refractivity contribution in [2.24, 2.45) is 0 Å². The number of aromatic carboxylic acids is 1. The van der Waals surface area contributed by atoms with Gasteiger partial charge >= 0.3 is 5.97 Å². The molecule has 1 N–H and O–H groups in total. The Morgan fingerprint density at radius 2 is 1.81 bits per heavy atom. The normalized spacial score (nSPS) is 11.0. The van der Waals surface area contributed by atoms with Crippen molar-refractivity contribution in [3.63, 3.8) is 0 Å². The highest BCUT2D eigenvalue weighted by Crippen LogP contribution is 2.28. The summed E-state index contributed by atoms with van der Waals surface area (Å²) in [7, 11) is 0. The van der Waals surface area contributed by atoms with Crippen molar-refractivity contribution in [3.05, 3.63) is 88.9 Å². The van der Waals surface area contributed by atoms with Gasteiger partial charge in [0.05, 0.1) is 11.2 Å². The molecule has 0 aliphatic carbocycles. The summed E-state index contributed by atoms with van der Waals surface area (Å²) in [4.78, 5) is 15.7. The van der Waals surface area contributed by atoms with Crippen LogP contribution in [0.4, 0.5) is 0 Å². The first-order valence-corrected chi connectivity index (χ1v) is 8.75. The van der Waals surface area contributed by atoms with Crippen molar-refractivity contribution in [2.45, 2.75) is 20.3 Å². The Labute approximate surface area is 156 Å². The number of fused-ring (bicyclic) bond motifs is 1. The summed E-state index contributed by atoms with van der Waals surface area (Å²) in [6.45, 7) is 3.92. The predicted molar refractivity (Wildman–Crippen MR) is 104 cm³/mol. The van der Waals surface area contributed by atoms with Gasteiger partial charge in [-0.25, -0.2) is 14.3 Å². The molecule has 27 heavy (non-hydrogen) atoms. The molecule has 0 saturated carbocycles. The van der Waals surface area contributed by atoms with Gasteiger partial charge in [0, 0.05) is 29.4 Å². The number of rotatable bonds is 4. The van der Waals surface area contributed by atoms with Gasteiger partial charge in [-0.1, -0.05) is 36.4 Å². The molecule has 0 fully saturated rings. The molecular weight excluding hydrogens is 338 g/mol. The minimum Gasteiger partial charge on any atom is -0.477 e. The lowest BCUT2D eigenvalue weighted by molar-refractivity contribution is 0.0690. The third-order valence-corrected chi connectivity index (χ3v) is 4.53. The fraction of sp³-hybridized carbons (Fsp3) is 0.136. The molecule has 0 bridgehead atoms. The zero-order valence-electron chi connectivity index (χ0n) is 15.2. The Morgan fingerprint density at radius 3 is 2.56 bits per heavy atom. The summed E-state index contributed by atoms with van der Waals surface area (Å²) in [6.07, 6.45) is 2.51. The van der Waals surface area contributed by atoms with E-state index < -0.39 is 5.97 Å². The molecule has 3 aromatic heterocycles. The summed E-state index contributed by atoms with van der Waals surface area (Å²) in [5.74, 6) is -1.02. The Morgan fingerprint density at radius 1 is 1.04 bits per heavy atom. The molecule has 4 aromatic rings. The van der Waals surface area contributed by atoms with Crippen LogP contribution in [0.5, 0.6) is 0 Å². The van der Waals surface area contributed by atoms with E-state index in [1.54, 1.807) is 6.07 Å². The highest BCUT2D eigenvalue weighted by atomic mass is 16.4. The second kappa shape index (κ2) is 6.68.